The maximum absolute atomic E-state index is 12.3. The second kappa shape index (κ2) is 8.70. The van der Waals surface area contributed by atoms with Gasteiger partial charge in [-0.3, -0.25) is 4.79 Å². The third-order valence-electron chi connectivity index (χ3n) is 4.50. The van der Waals surface area contributed by atoms with Gasteiger partial charge in [-0.05, 0) is 11.6 Å². The first-order valence-electron chi connectivity index (χ1n) is 9.43. The van der Waals surface area contributed by atoms with Crippen LogP contribution in [0.4, 0.5) is 0 Å². The van der Waals surface area contributed by atoms with E-state index < -0.39 is 0 Å². The van der Waals surface area contributed by atoms with Gasteiger partial charge in [0.1, 0.15) is 5.01 Å². The molecule has 5 aromatic rings. The zero-order valence-electron chi connectivity index (χ0n) is 16.1. The van der Waals surface area contributed by atoms with E-state index in [1.165, 1.54) is 23.1 Å². The molecule has 0 aliphatic heterocycles. The Balaban J connectivity index is 1.19. The van der Waals surface area contributed by atoms with Crippen molar-refractivity contribution in [2.24, 2.45) is 0 Å². The van der Waals surface area contributed by atoms with Gasteiger partial charge in [0.15, 0.2) is 0 Å². The number of hydrogen-bond donors (Lipinski definition) is 2. The van der Waals surface area contributed by atoms with Crippen molar-refractivity contribution in [1.29, 1.82) is 0 Å². The van der Waals surface area contributed by atoms with Crippen LogP contribution in [0.2, 0.25) is 0 Å². The lowest BCUT2D eigenvalue weighted by Gasteiger charge is -2.01. The van der Waals surface area contributed by atoms with Gasteiger partial charge in [0, 0.05) is 23.6 Å². The second-order valence-electron chi connectivity index (χ2n) is 6.58. The van der Waals surface area contributed by atoms with Crippen LogP contribution in [-0.4, -0.2) is 31.3 Å². The SMILES string of the molecule is O=C(NCc1ccccc1)c1nnc(CSc2nnc(-c3c[nH]c4ccccc34)o2)s1. The van der Waals surface area contributed by atoms with E-state index in [1.54, 1.807) is 0 Å². The molecule has 0 atom stereocenters. The third kappa shape index (κ3) is 4.35. The van der Waals surface area contributed by atoms with Gasteiger partial charge in [-0.2, -0.15) is 0 Å². The Morgan fingerprint density at radius 3 is 2.77 bits per heavy atom. The fourth-order valence-corrected chi connectivity index (χ4v) is 4.51. The monoisotopic (exact) mass is 448 g/mol. The zero-order chi connectivity index (χ0) is 21.0. The van der Waals surface area contributed by atoms with Crippen molar-refractivity contribution in [2.75, 3.05) is 0 Å². The number of benzene rings is 2. The highest BCUT2D eigenvalue weighted by Gasteiger charge is 2.16. The Bertz CT molecular complexity index is 1330. The molecule has 0 bridgehead atoms. The second-order valence-corrected chi connectivity index (χ2v) is 8.57. The summed E-state index contributed by atoms with van der Waals surface area (Å²) in [6, 6.07) is 17.6. The average Bonchev–Trinajstić information content (AvgIpc) is 3.56. The lowest BCUT2D eigenvalue weighted by atomic mass is 10.2. The number of carbonyl (C=O) groups is 1. The molecule has 0 saturated heterocycles. The molecule has 0 spiro atoms. The highest BCUT2D eigenvalue weighted by molar-refractivity contribution is 7.98. The minimum atomic E-state index is -0.239. The number of aromatic amines is 1. The van der Waals surface area contributed by atoms with Crippen molar-refractivity contribution in [1.82, 2.24) is 30.7 Å². The van der Waals surface area contributed by atoms with Crippen LogP contribution in [0.3, 0.4) is 0 Å². The topological polar surface area (TPSA) is 110 Å². The summed E-state index contributed by atoms with van der Waals surface area (Å²) >= 11 is 2.61. The van der Waals surface area contributed by atoms with Crippen molar-refractivity contribution in [2.45, 2.75) is 17.5 Å². The first-order chi connectivity index (χ1) is 15.3. The predicted octanol–water partition coefficient (Wildman–Crippen LogP) is 4.29. The number of rotatable bonds is 7. The van der Waals surface area contributed by atoms with Crippen LogP contribution in [0.15, 0.2) is 70.4 Å². The number of carbonyl (C=O) groups excluding carboxylic acids is 1. The fraction of sp³-hybridized carbons (Fsp3) is 0.0952. The van der Waals surface area contributed by atoms with Gasteiger partial charge in [0.2, 0.25) is 5.01 Å². The minimum Gasteiger partial charge on any atom is -0.411 e. The Hall–Kier alpha value is -3.50. The largest absolute Gasteiger partial charge is 0.411 e. The van der Waals surface area contributed by atoms with Gasteiger partial charge < -0.3 is 14.7 Å². The van der Waals surface area contributed by atoms with E-state index in [0.717, 1.165) is 22.0 Å². The summed E-state index contributed by atoms with van der Waals surface area (Å²) in [5.41, 5.74) is 2.90. The summed E-state index contributed by atoms with van der Waals surface area (Å²) < 4.78 is 5.80. The molecular formula is C21H16N6O2S2. The van der Waals surface area contributed by atoms with Crippen LogP contribution in [0, 0.1) is 0 Å². The minimum absolute atomic E-state index is 0.239. The lowest BCUT2D eigenvalue weighted by Crippen LogP contribution is -2.22. The van der Waals surface area contributed by atoms with Gasteiger partial charge in [-0.15, -0.1) is 20.4 Å². The Morgan fingerprint density at radius 1 is 1.03 bits per heavy atom. The van der Waals surface area contributed by atoms with Gasteiger partial charge in [0.25, 0.3) is 17.0 Å². The summed E-state index contributed by atoms with van der Waals surface area (Å²) in [6.45, 7) is 0.446. The predicted molar refractivity (Wildman–Crippen MR) is 119 cm³/mol. The molecule has 0 fully saturated rings. The first-order valence-corrected chi connectivity index (χ1v) is 11.2. The van der Waals surface area contributed by atoms with E-state index in [2.05, 4.69) is 30.7 Å². The van der Waals surface area contributed by atoms with E-state index in [-0.39, 0.29) is 5.91 Å². The summed E-state index contributed by atoms with van der Waals surface area (Å²) in [5.74, 6) is 0.703. The van der Waals surface area contributed by atoms with E-state index >= 15 is 0 Å². The van der Waals surface area contributed by atoms with Crippen LogP contribution in [0.25, 0.3) is 22.4 Å². The quantitative estimate of drug-likeness (QED) is 0.357. The molecule has 0 unspecified atom stereocenters. The van der Waals surface area contributed by atoms with Crippen molar-refractivity contribution in [3.63, 3.8) is 0 Å². The maximum Gasteiger partial charge on any atom is 0.282 e. The molecule has 0 aliphatic carbocycles. The molecule has 3 heterocycles. The molecule has 0 aliphatic rings. The highest BCUT2D eigenvalue weighted by Crippen LogP contribution is 2.30. The number of hydrogen-bond acceptors (Lipinski definition) is 8. The third-order valence-corrected chi connectivity index (χ3v) is 6.44. The molecule has 3 aromatic heterocycles. The molecular weight excluding hydrogens is 432 g/mol. The Kier molecular flexibility index (Phi) is 5.46. The molecule has 31 heavy (non-hydrogen) atoms. The number of nitrogens with zero attached hydrogens (tertiary/aromatic N) is 4. The summed E-state index contributed by atoms with van der Waals surface area (Å²) in [4.78, 5) is 15.5. The van der Waals surface area contributed by atoms with Crippen LogP contribution in [0.1, 0.15) is 20.4 Å². The van der Waals surface area contributed by atoms with Crippen LogP contribution >= 0.6 is 23.1 Å². The van der Waals surface area contributed by atoms with Crippen molar-refractivity contribution >= 4 is 39.9 Å². The number of fused-ring (bicyclic) bond motifs is 1. The molecule has 154 valence electrons. The molecule has 0 radical (unpaired) electrons. The molecule has 1 amide bonds. The van der Waals surface area contributed by atoms with Gasteiger partial charge >= 0.3 is 0 Å². The van der Waals surface area contributed by atoms with Gasteiger partial charge in [0.05, 0.1) is 11.3 Å². The number of thioether (sulfide) groups is 1. The number of para-hydroxylation sites is 1. The summed E-state index contributed by atoms with van der Waals surface area (Å²) in [7, 11) is 0. The fourth-order valence-electron chi connectivity index (χ4n) is 3.01. The summed E-state index contributed by atoms with van der Waals surface area (Å²) in [6.07, 6.45) is 1.86. The van der Waals surface area contributed by atoms with E-state index in [1.807, 2.05) is 60.8 Å². The first kappa shape index (κ1) is 19.5. The standard InChI is InChI=1S/C21H16N6O2S2/c28-18(23-10-13-6-2-1-3-7-13)20-26-24-17(31-20)12-30-21-27-25-19(29-21)15-11-22-16-9-5-4-8-14(15)16/h1-9,11,22H,10,12H2,(H,23,28). The number of amides is 1. The maximum atomic E-state index is 12.3. The highest BCUT2D eigenvalue weighted by atomic mass is 32.2. The number of nitrogens with one attached hydrogen (secondary N) is 2. The van der Waals surface area contributed by atoms with Gasteiger partial charge in [-0.1, -0.05) is 71.6 Å². The normalized spacial score (nSPS) is 11.1. The smallest absolute Gasteiger partial charge is 0.282 e. The van der Waals surface area contributed by atoms with E-state index in [0.29, 0.717) is 33.4 Å². The molecule has 2 aromatic carbocycles. The zero-order valence-corrected chi connectivity index (χ0v) is 17.7. The molecule has 5 rings (SSSR count). The number of H-pyrrole nitrogens is 1. The Morgan fingerprint density at radius 2 is 1.87 bits per heavy atom. The molecule has 10 heteroatoms. The summed E-state index contributed by atoms with van der Waals surface area (Å²) in [5, 5.41) is 21.7. The van der Waals surface area contributed by atoms with E-state index in [4.69, 9.17) is 4.42 Å². The van der Waals surface area contributed by atoms with Crippen LogP contribution in [0.5, 0.6) is 0 Å². The van der Waals surface area contributed by atoms with Crippen molar-refractivity contribution in [3.8, 4) is 11.5 Å². The average molecular weight is 449 g/mol. The molecule has 2 N–H and O–H groups in total. The molecule has 0 saturated carbocycles. The van der Waals surface area contributed by atoms with Crippen molar-refractivity contribution in [3.05, 3.63) is 76.4 Å². The van der Waals surface area contributed by atoms with Crippen LogP contribution in [-0.2, 0) is 12.3 Å². The van der Waals surface area contributed by atoms with Crippen LogP contribution < -0.4 is 5.32 Å². The lowest BCUT2D eigenvalue weighted by molar-refractivity contribution is 0.0950. The number of aromatic nitrogens is 5. The van der Waals surface area contributed by atoms with Crippen molar-refractivity contribution < 1.29 is 9.21 Å². The van der Waals surface area contributed by atoms with E-state index in [9.17, 15) is 4.79 Å². The Labute approximate surface area is 185 Å². The molecule has 8 nitrogen and oxygen atoms in total. The van der Waals surface area contributed by atoms with Gasteiger partial charge in [-0.25, -0.2) is 0 Å².